The second kappa shape index (κ2) is 7.20. The Kier molecular flexibility index (Phi) is 5.67. The highest BCUT2D eigenvalue weighted by molar-refractivity contribution is 7.89. The Balaban J connectivity index is 1.96. The quantitative estimate of drug-likeness (QED) is 0.681. The van der Waals surface area contributed by atoms with Crippen molar-refractivity contribution >= 4 is 15.9 Å². The van der Waals surface area contributed by atoms with Gasteiger partial charge in [-0.1, -0.05) is 12.1 Å². The summed E-state index contributed by atoms with van der Waals surface area (Å²) >= 11 is 0. The average molecular weight is 358 g/mol. The number of carbonyl (C=O) groups is 1. The van der Waals surface area contributed by atoms with E-state index in [0.717, 1.165) is 25.9 Å². The summed E-state index contributed by atoms with van der Waals surface area (Å²) in [6.07, 6.45) is 1.96. The molecular weight excluding hydrogens is 332 g/mol. The molecule has 0 saturated carbocycles. The first kappa shape index (κ1) is 18.9. The van der Waals surface area contributed by atoms with E-state index in [1.807, 2.05) is 0 Å². The Bertz CT molecular complexity index is 673. The lowest BCUT2D eigenvalue weighted by atomic mass is 9.81. The molecular formula is C15H26N4O4S. The molecule has 0 spiro atoms. The van der Waals surface area contributed by atoms with Crippen LogP contribution in [0.4, 0.5) is 0 Å². The van der Waals surface area contributed by atoms with Crippen LogP contribution in [0.2, 0.25) is 0 Å². The summed E-state index contributed by atoms with van der Waals surface area (Å²) in [6.45, 7) is 9.12. The molecule has 1 amide bonds. The third-order valence-corrected chi connectivity index (χ3v) is 6.25. The molecule has 9 heteroatoms. The van der Waals surface area contributed by atoms with Crippen molar-refractivity contribution in [2.75, 3.05) is 19.6 Å². The number of aryl methyl sites for hydroxylation is 2. The SMILES string of the molecule is Cc1noc(C)c1S(=O)(=O)NC(C)C(=O)NCC1(C)CCNCC1. The zero-order valence-electron chi connectivity index (χ0n) is 14.6. The van der Waals surface area contributed by atoms with E-state index in [0.29, 0.717) is 6.54 Å². The summed E-state index contributed by atoms with van der Waals surface area (Å²) in [7, 11) is -3.86. The van der Waals surface area contributed by atoms with Gasteiger partial charge in [-0.15, -0.1) is 0 Å². The van der Waals surface area contributed by atoms with Crippen LogP contribution >= 0.6 is 0 Å². The van der Waals surface area contributed by atoms with Crippen molar-refractivity contribution in [3.05, 3.63) is 11.5 Å². The minimum Gasteiger partial charge on any atom is -0.360 e. The fourth-order valence-electron chi connectivity index (χ4n) is 2.86. The number of sulfonamides is 1. The van der Waals surface area contributed by atoms with Crippen LogP contribution in [0.5, 0.6) is 0 Å². The van der Waals surface area contributed by atoms with Gasteiger partial charge < -0.3 is 15.2 Å². The highest BCUT2D eigenvalue weighted by atomic mass is 32.2. The summed E-state index contributed by atoms with van der Waals surface area (Å²) in [5.41, 5.74) is 0.316. The van der Waals surface area contributed by atoms with Gasteiger partial charge in [-0.2, -0.15) is 4.72 Å². The lowest BCUT2D eigenvalue weighted by molar-refractivity contribution is -0.122. The maximum absolute atomic E-state index is 12.4. The van der Waals surface area contributed by atoms with Crippen molar-refractivity contribution < 1.29 is 17.7 Å². The van der Waals surface area contributed by atoms with Gasteiger partial charge in [0.15, 0.2) is 5.76 Å². The van der Waals surface area contributed by atoms with Gasteiger partial charge in [0.25, 0.3) is 0 Å². The topological polar surface area (TPSA) is 113 Å². The zero-order valence-corrected chi connectivity index (χ0v) is 15.4. The van der Waals surface area contributed by atoms with E-state index in [2.05, 4.69) is 27.4 Å². The number of hydrogen-bond donors (Lipinski definition) is 3. The van der Waals surface area contributed by atoms with Crippen molar-refractivity contribution in [1.82, 2.24) is 20.5 Å². The van der Waals surface area contributed by atoms with E-state index in [9.17, 15) is 13.2 Å². The molecule has 1 fully saturated rings. The number of hydrogen-bond acceptors (Lipinski definition) is 6. The fourth-order valence-corrected chi connectivity index (χ4v) is 4.40. The maximum Gasteiger partial charge on any atom is 0.246 e. The lowest BCUT2D eigenvalue weighted by Gasteiger charge is -2.34. The Morgan fingerprint density at radius 1 is 1.38 bits per heavy atom. The van der Waals surface area contributed by atoms with Gasteiger partial charge in [0, 0.05) is 6.54 Å². The van der Waals surface area contributed by atoms with Gasteiger partial charge in [-0.05, 0) is 52.1 Å². The van der Waals surface area contributed by atoms with Crippen molar-refractivity contribution in [1.29, 1.82) is 0 Å². The molecule has 0 aromatic carbocycles. The van der Waals surface area contributed by atoms with Crippen molar-refractivity contribution in [2.45, 2.75) is 51.5 Å². The molecule has 136 valence electrons. The maximum atomic E-state index is 12.4. The Hall–Kier alpha value is -1.45. The van der Waals surface area contributed by atoms with E-state index in [4.69, 9.17) is 4.52 Å². The summed E-state index contributed by atoms with van der Waals surface area (Å²) in [6, 6.07) is -0.881. The van der Waals surface area contributed by atoms with Crippen molar-refractivity contribution in [3.8, 4) is 0 Å². The Morgan fingerprint density at radius 2 is 2.00 bits per heavy atom. The normalized spacial score (nSPS) is 19.0. The number of amides is 1. The van der Waals surface area contributed by atoms with Crippen LogP contribution < -0.4 is 15.4 Å². The predicted molar refractivity (Wildman–Crippen MR) is 89.0 cm³/mol. The van der Waals surface area contributed by atoms with Crippen LogP contribution in [-0.2, 0) is 14.8 Å². The minimum absolute atomic E-state index is 0.00698. The second-order valence-electron chi connectivity index (χ2n) is 6.77. The van der Waals surface area contributed by atoms with E-state index in [1.54, 1.807) is 6.92 Å². The monoisotopic (exact) mass is 358 g/mol. The molecule has 3 N–H and O–H groups in total. The number of piperidine rings is 1. The molecule has 1 aromatic rings. The molecule has 1 aromatic heterocycles. The first-order valence-corrected chi connectivity index (χ1v) is 9.57. The molecule has 1 aliphatic heterocycles. The summed E-state index contributed by atoms with van der Waals surface area (Å²) in [5, 5.41) is 9.79. The number of nitrogens with zero attached hydrogens (tertiary/aromatic N) is 1. The van der Waals surface area contributed by atoms with E-state index < -0.39 is 16.1 Å². The van der Waals surface area contributed by atoms with Crippen LogP contribution in [0.25, 0.3) is 0 Å². The smallest absolute Gasteiger partial charge is 0.246 e. The van der Waals surface area contributed by atoms with Gasteiger partial charge in [0.1, 0.15) is 10.6 Å². The van der Waals surface area contributed by atoms with E-state index in [-0.39, 0.29) is 27.7 Å². The molecule has 0 aliphatic carbocycles. The summed E-state index contributed by atoms with van der Waals surface area (Å²) in [4.78, 5) is 12.2. The predicted octanol–water partition coefficient (Wildman–Crippen LogP) is 0.464. The van der Waals surface area contributed by atoms with Gasteiger partial charge in [-0.25, -0.2) is 8.42 Å². The van der Waals surface area contributed by atoms with Crippen LogP contribution in [0.3, 0.4) is 0 Å². The number of rotatable bonds is 6. The fraction of sp³-hybridized carbons (Fsp3) is 0.733. The number of aromatic nitrogens is 1. The molecule has 1 unspecified atom stereocenters. The molecule has 1 aliphatic rings. The molecule has 0 radical (unpaired) electrons. The highest BCUT2D eigenvalue weighted by Crippen LogP contribution is 2.26. The first-order chi connectivity index (χ1) is 11.1. The van der Waals surface area contributed by atoms with Crippen molar-refractivity contribution in [2.24, 2.45) is 5.41 Å². The molecule has 1 atom stereocenters. The Labute approximate surface area is 142 Å². The first-order valence-electron chi connectivity index (χ1n) is 8.08. The van der Waals surface area contributed by atoms with Crippen LogP contribution in [0, 0.1) is 19.3 Å². The minimum atomic E-state index is -3.86. The van der Waals surface area contributed by atoms with Crippen LogP contribution in [0.1, 0.15) is 38.1 Å². The standard InChI is InChI=1S/C15H26N4O4S/c1-10-13(12(3)23-18-10)24(21,22)19-11(2)14(20)17-9-15(4)5-7-16-8-6-15/h11,16,19H,5-9H2,1-4H3,(H,17,20). The van der Waals surface area contributed by atoms with Crippen molar-refractivity contribution in [3.63, 3.8) is 0 Å². The van der Waals surface area contributed by atoms with Gasteiger partial charge in [0.05, 0.1) is 6.04 Å². The third-order valence-electron chi connectivity index (χ3n) is 4.46. The highest BCUT2D eigenvalue weighted by Gasteiger charge is 2.30. The van der Waals surface area contributed by atoms with E-state index in [1.165, 1.54) is 13.8 Å². The zero-order chi connectivity index (χ0) is 18.0. The molecule has 2 heterocycles. The molecule has 8 nitrogen and oxygen atoms in total. The summed E-state index contributed by atoms with van der Waals surface area (Å²) in [5.74, 6) is -0.139. The number of carbonyl (C=O) groups excluding carboxylic acids is 1. The lowest BCUT2D eigenvalue weighted by Crippen LogP contribution is -2.49. The molecule has 2 rings (SSSR count). The molecule has 0 bridgehead atoms. The van der Waals surface area contributed by atoms with Gasteiger partial charge in [-0.3, -0.25) is 4.79 Å². The Morgan fingerprint density at radius 3 is 2.54 bits per heavy atom. The van der Waals surface area contributed by atoms with Crippen LogP contribution in [0.15, 0.2) is 9.42 Å². The van der Waals surface area contributed by atoms with Gasteiger partial charge >= 0.3 is 0 Å². The molecule has 24 heavy (non-hydrogen) atoms. The number of nitrogens with one attached hydrogen (secondary N) is 3. The molecule has 1 saturated heterocycles. The van der Waals surface area contributed by atoms with Gasteiger partial charge in [0.2, 0.25) is 15.9 Å². The van der Waals surface area contributed by atoms with E-state index >= 15 is 0 Å². The summed E-state index contributed by atoms with van der Waals surface area (Å²) < 4.78 is 32.1. The third kappa shape index (κ3) is 4.34. The largest absolute Gasteiger partial charge is 0.360 e. The average Bonchev–Trinajstić information content (AvgIpc) is 2.85. The van der Waals surface area contributed by atoms with Crippen LogP contribution in [-0.4, -0.2) is 45.2 Å². The second-order valence-corrected chi connectivity index (χ2v) is 8.43.